The highest BCUT2D eigenvalue weighted by molar-refractivity contribution is 6.21. The van der Waals surface area contributed by atoms with Gasteiger partial charge in [0.25, 0.3) is 11.8 Å². The van der Waals surface area contributed by atoms with E-state index < -0.39 is 0 Å². The number of amides is 3. The first-order valence-electron chi connectivity index (χ1n) is 8.91. The van der Waals surface area contributed by atoms with Crippen LogP contribution in [0.5, 0.6) is 5.75 Å². The summed E-state index contributed by atoms with van der Waals surface area (Å²) in [5, 5.41) is 0. The molecule has 0 radical (unpaired) electrons. The lowest BCUT2D eigenvalue weighted by Crippen LogP contribution is -2.34. The van der Waals surface area contributed by atoms with Gasteiger partial charge in [0.05, 0.1) is 18.2 Å². The summed E-state index contributed by atoms with van der Waals surface area (Å²) in [6, 6.07) is 12.4. The summed E-state index contributed by atoms with van der Waals surface area (Å²) in [6.45, 7) is 0.244. The SMILES string of the molecule is COc1ccc2c(c1)C(CN1C(=O)c3ccccc3C1=O)CCC(=O)N2C. The summed E-state index contributed by atoms with van der Waals surface area (Å²) in [6.07, 6.45) is 0.929. The lowest BCUT2D eigenvalue weighted by atomic mass is 9.93. The van der Waals surface area contributed by atoms with Crippen LogP contribution in [0.2, 0.25) is 0 Å². The summed E-state index contributed by atoms with van der Waals surface area (Å²) < 4.78 is 5.34. The van der Waals surface area contributed by atoms with E-state index in [2.05, 4.69) is 0 Å². The van der Waals surface area contributed by atoms with Crippen LogP contribution >= 0.6 is 0 Å². The maximum Gasteiger partial charge on any atom is 0.261 e. The summed E-state index contributed by atoms with van der Waals surface area (Å²) in [7, 11) is 3.34. The van der Waals surface area contributed by atoms with Gasteiger partial charge in [0.1, 0.15) is 5.75 Å². The van der Waals surface area contributed by atoms with E-state index in [0.717, 1.165) is 11.3 Å². The van der Waals surface area contributed by atoms with Crippen molar-refractivity contribution in [3.63, 3.8) is 0 Å². The maximum absolute atomic E-state index is 12.7. The molecule has 2 aliphatic rings. The second-order valence-electron chi connectivity index (χ2n) is 6.88. The smallest absolute Gasteiger partial charge is 0.261 e. The van der Waals surface area contributed by atoms with Crippen LogP contribution in [-0.4, -0.2) is 43.3 Å². The van der Waals surface area contributed by atoms with E-state index in [1.54, 1.807) is 43.3 Å². The number of imide groups is 1. The number of carbonyl (C=O) groups excluding carboxylic acids is 3. The second-order valence-corrected chi connectivity index (χ2v) is 6.88. The van der Waals surface area contributed by atoms with Crippen molar-refractivity contribution in [2.24, 2.45) is 0 Å². The average Bonchev–Trinajstić information content (AvgIpc) is 2.87. The van der Waals surface area contributed by atoms with Crippen LogP contribution in [0.3, 0.4) is 0 Å². The van der Waals surface area contributed by atoms with Crippen molar-refractivity contribution < 1.29 is 19.1 Å². The third-order valence-electron chi connectivity index (χ3n) is 5.40. The van der Waals surface area contributed by atoms with Crippen molar-refractivity contribution in [2.75, 3.05) is 25.6 Å². The number of nitrogens with zero attached hydrogens (tertiary/aromatic N) is 2. The third-order valence-corrected chi connectivity index (χ3v) is 5.40. The van der Waals surface area contributed by atoms with Crippen molar-refractivity contribution >= 4 is 23.4 Å². The molecule has 2 aromatic rings. The Balaban J connectivity index is 1.71. The second kappa shape index (κ2) is 6.54. The summed E-state index contributed by atoms with van der Waals surface area (Å²) >= 11 is 0. The predicted octanol–water partition coefficient (Wildman–Crippen LogP) is 2.83. The molecule has 1 unspecified atom stereocenters. The van der Waals surface area contributed by atoms with Crippen LogP contribution < -0.4 is 9.64 Å². The van der Waals surface area contributed by atoms with E-state index in [9.17, 15) is 14.4 Å². The summed E-state index contributed by atoms with van der Waals surface area (Å²) in [4.78, 5) is 40.8. The first kappa shape index (κ1) is 17.3. The van der Waals surface area contributed by atoms with Gasteiger partial charge in [-0.3, -0.25) is 19.3 Å². The molecular weight excluding hydrogens is 344 g/mol. The van der Waals surface area contributed by atoms with Gasteiger partial charge in [0.15, 0.2) is 0 Å². The van der Waals surface area contributed by atoms with E-state index in [0.29, 0.717) is 29.7 Å². The fourth-order valence-corrected chi connectivity index (χ4v) is 3.86. The Labute approximate surface area is 157 Å². The third kappa shape index (κ3) is 2.77. The average molecular weight is 364 g/mol. The maximum atomic E-state index is 12.7. The minimum atomic E-state index is -0.274. The molecule has 2 heterocycles. The molecule has 0 aromatic heterocycles. The summed E-state index contributed by atoms with van der Waals surface area (Å²) in [5.41, 5.74) is 2.59. The summed E-state index contributed by atoms with van der Waals surface area (Å²) in [5.74, 6) is 0.0225. The predicted molar refractivity (Wildman–Crippen MR) is 100 cm³/mol. The zero-order valence-electron chi connectivity index (χ0n) is 15.3. The Kier molecular flexibility index (Phi) is 4.18. The van der Waals surface area contributed by atoms with E-state index in [-0.39, 0.29) is 30.2 Å². The number of carbonyl (C=O) groups is 3. The number of fused-ring (bicyclic) bond motifs is 2. The first-order valence-corrected chi connectivity index (χ1v) is 8.91. The monoisotopic (exact) mass is 364 g/mol. The standard InChI is InChI=1S/C21H20N2O4/c1-22-18-9-8-14(27-2)11-17(18)13(7-10-19(22)24)12-23-20(25)15-5-3-4-6-16(15)21(23)26/h3-6,8-9,11,13H,7,10,12H2,1-2H3. The molecule has 2 aromatic carbocycles. The van der Waals surface area contributed by atoms with Crippen molar-refractivity contribution in [3.05, 3.63) is 59.2 Å². The van der Waals surface area contributed by atoms with E-state index >= 15 is 0 Å². The Hall–Kier alpha value is -3.15. The molecule has 6 nitrogen and oxygen atoms in total. The number of methoxy groups -OCH3 is 1. The van der Waals surface area contributed by atoms with Crippen LogP contribution in [0.25, 0.3) is 0 Å². The number of anilines is 1. The van der Waals surface area contributed by atoms with Crippen LogP contribution in [0, 0.1) is 0 Å². The molecule has 2 aliphatic heterocycles. The van der Waals surface area contributed by atoms with Gasteiger partial charge < -0.3 is 9.64 Å². The van der Waals surface area contributed by atoms with Gasteiger partial charge in [-0.05, 0) is 42.3 Å². The van der Waals surface area contributed by atoms with Gasteiger partial charge in [-0.2, -0.15) is 0 Å². The minimum Gasteiger partial charge on any atom is -0.497 e. The van der Waals surface area contributed by atoms with Gasteiger partial charge >= 0.3 is 0 Å². The fraction of sp³-hybridized carbons (Fsp3) is 0.286. The lowest BCUT2D eigenvalue weighted by molar-refractivity contribution is -0.118. The first-order chi connectivity index (χ1) is 13.0. The van der Waals surface area contributed by atoms with E-state index in [4.69, 9.17) is 4.74 Å². The molecule has 0 N–H and O–H groups in total. The van der Waals surface area contributed by atoms with Gasteiger partial charge in [0, 0.05) is 31.6 Å². The van der Waals surface area contributed by atoms with Gasteiger partial charge in [-0.1, -0.05) is 12.1 Å². The quantitative estimate of drug-likeness (QED) is 0.786. The van der Waals surface area contributed by atoms with Crippen molar-refractivity contribution in [1.82, 2.24) is 4.90 Å². The highest BCUT2D eigenvalue weighted by atomic mass is 16.5. The lowest BCUT2D eigenvalue weighted by Gasteiger charge is -2.24. The zero-order chi connectivity index (χ0) is 19.1. The van der Waals surface area contributed by atoms with Gasteiger partial charge in [0.2, 0.25) is 5.91 Å². The largest absolute Gasteiger partial charge is 0.497 e. The number of hydrogen-bond donors (Lipinski definition) is 0. The molecule has 0 saturated heterocycles. The molecule has 4 rings (SSSR count). The molecule has 0 aliphatic carbocycles. The zero-order valence-corrected chi connectivity index (χ0v) is 15.3. The molecule has 3 amide bonds. The van der Waals surface area contributed by atoms with Crippen LogP contribution in [0.1, 0.15) is 45.0 Å². The highest BCUT2D eigenvalue weighted by Gasteiger charge is 2.38. The van der Waals surface area contributed by atoms with E-state index in [1.165, 1.54) is 4.90 Å². The molecule has 0 spiro atoms. The molecule has 27 heavy (non-hydrogen) atoms. The molecule has 0 saturated carbocycles. The minimum absolute atomic E-state index is 0.0197. The Morgan fingerprint density at radius 2 is 1.70 bits per heavy atom. The topological polar surface area (TPSA) is 66.9 Å². The van der Waals surface area contributed by atoms with Gasteiger partial charge in [-0.15, -0.1) is 0 Å². The normalized spacial score (nSPS) is 19.0. The molecule has 1 atom stereocenters. The Bertz CT molecular complexity index is 918. The molecule has 0 fully saturated rings. The number of ether oxygens (including phenoxy) is 1. The van der Waals surface area contributed by atoms with Crippen LogP contribution in [-0.2, 0) is 4.79 Å². The van der Waals surface area contributed by atoms with Crippen LogP contribution in [0.4, 0.5) is 5.69 Å². The molecular formula is C21H20N2O4. The number of benzene rings is 2. The number of rotatable bonds is 3. The van der Waals surface area contributed by atoms with Crippen molar-refractivity contribution in [1.29, 1.82) is 0 Å². The van der Waals surface area contributed by atoms with Gasteiger partial charge in [-0.25, -0.2) is 0 Å². The molecule has 6 heteroatoms. The van der Waals surface area contributed by atoms with Crippen molar-refractivity contribution in [2.45, 2.75) is 18.8 Å². The Morgan fingerprint density at radius 3 is 2.33 bits per heavy atom. The number of hydrogen-bond acceptors (Lipinski definition) is 4. The van der Waals surface area contributed by atoms with Crippen molar-refractivity contribution in [3.8, 4) is 5.75 Å². The molecule has 138 valence electrons. The Morgan fingerprint density at radius 1 is 1.04 bits per heavy atom. The molecule has 0 bridgehead atoms. The van der Waals surface area contributed by atoms with E-state index in [1.807, 2.05) is 18.2 Å². The fourth-order valence-electron chi connectivity index (χ4n) is 3.86. The highest BCUT2D eigenvalue weighted by Crippen LogP contribution is 2.38. The van der Waals surface area contributed by atoms with Crippen LogP contribution in [0.15, 0.2) is 42.5 Å².